The van der Waals surface area contributed by atoms with Gasteiger partial charge in [0.25, 0.3) is 0 Å². The Kier molecular flexibility index (Phi) is 4.75. The van der Waals surface area contributed by atoms with E-state index in [1.54, 1.807) is 0 Å². The fraction of sp³-hybridized carbons (Fsp3) is 0.562. The second-order valence-corrected chi connectivity index (χ2v) is 6.77. The molecule has 0 aliphatic heterocycles. The van der Waals surface area contributed by atoms with Crippen molar-refractivity contribution in [2.45, 2.75) is 58.7 Å². The van der Waals surface area contributed by atoms with Gasteiger partial charge in [0.05, 0.1) is 0 Å². The van der Waals surface area contributed by atoms with E-state index in [0.717, 1.165) is 5.56 Å². The molecule has 106 valence electrons. The molecular formula is C16H25NO2. The van der Waals surface area contributed by atoms with Crippen molar-refractivity contribution in [3.05, 3.63) is 35.9 Å². The van der Waals surface area contributed by atoms with Crippen molar-refractivity contribution in [1.82, 2.24) is 5.32 Å². The third kappa shape index (κ3) is 5.88. The van der Waals surface area contributed by atoms with E-state index in [-0.39, 0.29) is 11.5 Å². The standard InChI is InChI=1S/C16H25NO2/c1-15(2,3)17-13(12-10-8-7-9-11-12)14(18)19-16(4,5)6/h7-11,13,17H,1-6H3. The van der Waals surface area contributed by atoms with Crippen molar-refractivity contribution in [2.24, 2.45) is 0 Å². The zero-order valence-corrected chi connectivity index (χ0v) is 12.8. The van der Waals surface area contributed by atoms with Crippen LogP contribution in [0.3, 0.4) is 0 Å². The molecule has 0 saturated carbocycles. The minimum absolute atomic E-state index is 0.169. The first-order chi connectivity index (χ1) is 8.58. The Morgan fingerprint density at radius 3 is 2.00 bits per heavy atom. The van der Waals surface area contributed by atoms with Gasteiger partial charge in [-0.25, -0.2) is 4.79 Å². The number of esters is 1. The van der Waals surface area contributed by atoms with Crippen LogP contribution >= 0.6 is 0 Å². The molecule has 1 aromatic rings. The van der Waals surface area contributed by atoms with E-state index in [1.807, 2.05) is 71.9 Å². The van der Waals surface area contributed by atoms with Crippen LogP contribution in [0.5, 0.6) is 0 Å². The molecule has 0 heterocycles. The van der Waals surface area contributed by atoms with Gasteiger partial charge in [-0.05, 0) is 47.1 Å². The quantitative estimate of drug-likeness (QED) is 0.849. The van der Waals surface area contributed by atoms with Gasteiger partial charge in [-0.2, -0.15) is 0 Å². The molecule has 0 aromatic heterocycles. The maximum atomic E-state index is 12.4. The highest BCUT2D eigenvalue weighted by Gasteiger charge is 2.29. The molecule has 1 N–H and O–H groups in total. The Labute approximate surface area is 116 Å². The third-order valence-electron chi connectivity index (χ3n) is 2.35. The molecule has 3 heteroatoms. The van der Waals surface area contributed by atoms with Gasteiger partial charge in [-0.1, -0.05) is 30.3 Å². The number of benzene rings is 1. The predicted molar refractivity (Wildman–Crippen MR) is 77.9 cm³/mol. The fourth-order valence-electron chi connectivity index (χ4n) is 1.72. The fourth-order valence-corrected chi connectivity index (χ4v) is 1.72. The van der Waals surface area contributed by atoms with Gasteiger partial charge in [0, 0.05) is 5.54 Å². The van der Waals surface area contributed by atoms with Gasteiger partial charge in [0.15, 0.2) is 0 Å². The smallest absolute Gasteiger partial charge is 0.328 e. The Morgan fingerprint density at radius 1 is 1.05 bits per heavy atom. The van der Waals surface area contributed by atoms with Crippen LogP contribution in [0.15, 0.2) is 30.3 Å². The van der Waals surface area contributed by atoms with Gasteiger partial charge < -0.3 is 4.74 Å². The molecule has 0 bridgehead atoms. The minimum atomic E-state index is -0.482. The highest BCUT2D eigenvalue weighted by atomic mass is 16.6. The Balaban J connectivity index is 2.97. The van der Waals surface area contributed by atoms with Crippen molar-refractivity contribution in [3.8, 4) is 0 Å². The van der Waals surface area contributed by atoms with Crippen LogP contribution in [0.4, 0.5) is 0 Å². The molecule has 19 heavy (non-hydrogen) atoms. The molecule has 1 rings (SSSR count). The van der Waals surface area contributed by atoms with Crippen LogP contribution in [0.25, 0.3) is 0 Å². The summed E-state index contributed by atoms with van der Waals surface area (Å²) in [7, 11) is 0. The summed E-state index contributed by atoms with van der Waals surface area (Å²) in [6.45, 7) is 11.7. The van der Waals surface area contributed by atoms with Crippen LogP contribution in [-0.2, 0) is 9.53 Å². The van der Waals surface area contributed by atoms with Crippen molar-refractivity contribution in [3.63, 3.8) is 0 Å². The van der Waals surface area contributed by atoms with Gasteiger partial charge >= 0.3 is 5.97 Å². The first kappa shape index (κ1) is 15.7. The number of carbonyl (C=O) groups is 1. The lowest BCUT2D eigenvalue weighted by Crippen LogP contribution is -2.44. The second kappa shape index (κ2) is 5.74. The Hall–Kier alpha value is -1.35. The molecule has 0 aliphatic carbocycles. The summed E-state index contributed by atoms with van der Waals surface area (Å²) in [6, 6.07) is 9.22. The van der Waals surface area contributed by atoms with E-state index >= 15 is 0 Å². The Bertz CT molecular complexity index is 413. The van der Waals surface area contributed by atoms with Gasteiger partial charge in [0.2, 0.25) is 0 Å². The highest BCUT2D eigenvalue weighted by molar-refractivity contribution is 5.78. The zero-order valence-electron chi connectivity index (χ0n) is 12.8. The van der Waals surface area contributed by atoms with Crippen molar-refractivity contribution >= 4 is 5.97 Å². The molecule has 0 fully saturated rings. The molecule has 1 aromatic carbocycles. The lowest BCUT2D eigenvalue weighted by molar-refractivity contribution is -0.158. The lowest BCUT2D eigenvalue weighted by Gasteiger charge is -2.30. The molecule has 0 radical (unpaired) electrons. The van der Waals surface area contributed by atoms with Crippen molar-refractivity contribution in [2.75, 3.05) is 0 Å². The first-order valence-electron chi connectivity index (χ1n) is 6.64. The van der Waals surface area contributed by atoms with E-state index < -0.39 is 11.6 Å². The average Bonchev–Trinajstić information content (AvgIpc) is 2.23. The van der Waals surface area contributed by atoms with E-state index in [1.165, 1.54) is 0 Å². The van der Waals surface area contributed by atoms with Crippen LogP contribution in [-0.4, -0.2) is 17.1 Å². The van der Waals surface area contributed by atoms with Crippen LogP contribution in [0.2, 0.25) is 0 Å². The number of ether oxygens (including phenoxy) is 1. The molecule has 0 saturated heterocycles. The monoisotopic (exact) mass is 263 g/mol. The topological polar surface area (TPSA) is 38.3 Å². The maximum Gasteiger partial charge on any atom is 0.328 e. The second-order valence-electron chi connectivity index (χ2n) is 6.77. The van der Waals surface area contributed by atoms with Crippen molar-refractivity contribution < 1.29 is 9.53 Å². The largest absolute Gasteiger partial charge is 0.459 e. The third-order valence-corrected chi connectivity index (χ3v) is 2.35. The molecular weight excluding hydrogens is 238 g/mol. The number of nitrogens with one attached hydrogen (secondary N) is 1. The van der Waals surface area contributed by atoms with E-state index in [4.69, 9.17) is 4.74 Å². The highest BCUT2D eigenvalue weighted by Crippen LogP contribution is 2.21. The normalized spacial score (nSPS) is 14.0. The summed E-state index contributed by atoms with van der Waals surface area (Å²) in [5, 5.41) is 3.32. The first-order valence-corrected chi connectivity index (χ1v) is 6.64. The summed E-state index contributed by atoms with van der Waals surface area (Å²) >= 11 is 0. The van der Waals surface area contributed by atoms with E-state index in [2.05, 4.69) is 5.32 Å². The summed E-state index contributed by atoms with van der Waals surface area (Å²) in [5.41, 5.74) is 0.271. The van der Waals surface area contributed by atoms with Gasteiger partial charge in [-0.15, -0.1) is 0 Å². The van der Waals surface area contributed by atoms with Gasteiger partial charge in [-0.3, -0.25) is 5.32 Å². The maximum absolute atomic E-state index is 12.4. The molecule has 0 aliphatic rings. The number of hydrogen-bond donors (Lipinski definition) is 1. The van der Waals surface area contributed by atoms with Crippen molar-refractivity contribution in [1.29, 1.82) is 0 Å². The average molecular weight is 263 g/mol. The molecule has 3 nitrogen and oxygen atoms in total. The van der Waals surface area contributed by atoms with Crippen LogP contribution < -0.4 is 5.32 Å². The molecule has 0 spiro atoms. The number of hydrogen-bond acceptors (Lipinski definition) is 3. The SMILES string of the molecule is CC(C)(C)NC(C(=O)OC(C)(C)C)c1ccccc1. The minimum Gasteiger partial charge on any atom is -0.459 e. The number of carbonyl (C=O) groups excluding carboxylic acids is 1. The summed E-state index contributed by atoms with van der Waals surface area (Å²) in [4.78, 5) is 12.4. The lowest BCUT2D eigenvalue weighted by atomic mass is 10.0. The zero-order chi connectivity index (χ0) is 14.7. The predicted octanol–water partition coefficient (Wildman–Crippen LogP) is 3.46. The van der Waals surface area contributed by atoms with E-state index in [9.17, 15) is 4.79 Å². The summed E-state index contributed by atoms with van der Waals surface area (Å²) < 4.78 is 5.50. The molecule has 1 unspecified atom stereocenters. The van der Waals surface area contributed by atoms with Gasteiger partial charge in [0.1, 0.15) is 11.6 Å². The molecule has 0 amide bonds. The van der Waals surface area contributed by atoms with Crippen LogP contribution in [0, 0.1) is 0 Å². The Morgan fingerprint density at radius 2 is 1.58 bits per heavy atom. The summed E-state index contributed by atoms with van der Waals surface area (Å²) in [5.74, 6) is -0.242. The molecule has 1 atom stereocenters. The summed E-state index contributed by atoms with van der Waals surface area (Å²) in [6.07, 6.45) is 0. The number of rotatable bonds is 3. The van der Waals surface area contributed by atoms with Crippen LogP contribution in [0.1, 0.15) is 53.1 Å². The van der Waals surface area contributed by atoms with E-state index in [0.29, 0.717) is 0 Å².